The second-order valence-electron chi connectivity index (χ2n) is 6.32. The number of carbonyl (C=O) groups is 2. The predicted octanol–water partition coefficient (Wildman–Crippen LogP) is 3.42. The van der Waals surface area contributed by atoms with E-state index in [2.05, 4.69) is 53.8 Å². The van der Waals surface area contributed by atoms with Crippen LogP contribution in [0.25, 0.3) is 0 Å². The smallest absolute Gasteiger partial charge is 0.306 e. The first-order chi connectivity index (χ1) is 12.2. The highest BCUT2D eigenvalue weighted by molar-refractivity contribution is 5.86. The maximum absolute atomic E-state index is 12.0. The van der Waals surface area contributed by atoms with Crippen LogP contribution in [-0.2, 0) is 14.3 Å². The normalized spacial score (nSPS) is 16.7. The summed E-state index contributed by atoms with van der Waals surface area (Å²) in [5, 5.41) is 2.89. The van der Waals surface area contributed by atoms with Crippen molar-refractivity contribution >= 4 is 11.9 Å². The molecule has 1 heterocycles. The SMILES string of the molecule is O=C1CCC(C(=O)NCCCC(c2ccccc2)c2ccccc2)O1. The molecule has 1 aliphatic heterocycles. The van der Waals surface area contributed by atoms with Crippen LogP contribution in [0.2, 0.25) is 0 Å². The lowest BCUT2D eigenvalue weighted by atomic mass is 9.87. The molecule has 2 aromatic carbocycles. The summed E-state index contributed by atoms with van der Waals surface area (Å²) >= 11 is 0. The molecule has 25 heavy (non-hydrogen) atoms. The zero-order valence-electron chi connectivity index (χ0n) is 14.2. The lowest BCUT2D eigenvalue weighted by molar-refractivity contribution is -0.148. The molecule has 0 aromatic heterocycles. The molecule has 4 heteroatoms. The Labute approximate surface area is 148 Å². The molecule has 1 aliphatic rings. The number of rotatable bonds is 7. The van der Waals surface area contributed by atoms with Gasteiger partial charge >= 0.3 is 5.97 Å². The van der Waals surface area contributed by atoms with Crippen LogP contribution >= 0.6 is 0 Å². The van der Waals surface area contributed by atoms with E-state index < -0.39 is 6.10 Å². The van der Waals surface area contributed by atoms with Crippen molar-refractivity contribution in [2.24, 2.45) is 0 Å². The Bertz CT molecular complexity index is 660. The van der Waals surface area contributed by atoms with Crippen molar-refractivity contribution in [2.75, 3.05) is 6.54 Å². The Morgan fingerprint density at radius 1 is 1.04 bits per heavy atom. The topological polar surface area (TPSA) is 55.4 Å². The quantitative estimate of drug-likeness (QED) is 0.622. The van der Waals surface area contributed by atoms with Crippen LogP contribution in [0.3, 0.4) is 0 Å². The number of esters is 1. The van der Waals surface area contributed by atoms with Gasteiger partial charge in [0, 0.05) is 25.3 Å². The third kappa shape index (κ3) is 4.69. The fraction of sp³-hybridized carbons (Fsp3) is 0.333. The van der Waals surface area contributed by atoms with Gasteiger partial charge in [0.1, 0.15) is 0 Å². The van der Waals surface area contributed by atoms with Crippen LogP contribution < -0.4 is 5.32 Å². The van der Waals surface area contributed by atoms with Crippen LogP contribution in [-0.4, -0.2) is 24.5 Å². The van der Waals surface area contributed by atoms with Gasteiger partial charge in [0.2, 0.25) is 0 Å². The Morgan fingerprint density at radius 2 is 1.64 bits per heavy atom. The second kappa shape index (κ2) is 8.47. The highest BCUT2D eigenvalue weighted by Gasteiger charge is 2.29. The zero-order chi connectivity index (χ0) is 17.5. The van der Waals surface area contributed by atoms with Gasteiger partial charge in [0.05, 0.1) is 0 Å². The van der Waals surface area contributed by atoms with Crippen LogP contribution in [0.4, 0.5) is 0 Å². The Hall–Kier alpha value is -2.62. The first kappa shape index (κ1) is 17.2. The van der Waals surface area contributed by atoms with Crippen molar-refractivity contribution in [1.29, 1.82) is 0 Å². The van der Waals surface area contributed by atoms with Gasteiger partial charge in [-0.2, -0.15) is 0 Å². The van der Waals surface area contributed by atoms with Gasteiger partial charge in [-0.05, 0) is 24.0 Å². The van der Waals surface area contributed by atoms with Crippen molar-refractivity contribution in [3.05, 3.63) is 71.8 Å². The molecule has 1 saturated heterocycles. The Balaban J connectivity index is 1.55. The van der Waals surface area contributed by atoms with Crippen molar-refractivity contribution in [3.63, 3.8) is 0 Å². The van der Waals surface area contributed by atoms with E-state index in [1.165, 1.54) is 11.1 Å². The fourth-order valence-corrected chi connectivity index (χ4v) is 3.24. The summed E-state index contributed by atoms with van der Waals surface area (Å²) in [5.41, 5.74) is 2.56. The number of cyclic esters (lactones) is 1. The molecule has 1 N–H and O–H groups in total. The summed E-state index contributed by atoms with van der Waals surface area (Å²) in [6.07, 6.45) is 2.02. The number of amides is 1. The third-order valence-corrected chi connectivity index (χ3v) is 4.55. The maximum atomic E-state index is 12.0. The first-order valence-electron chi connectivity index (χ1n) is 8.81. The van der Waals surface area contributed by atoms with Gasteiger partial charge in [-0.3, -0.25) is 9.59 Å². The molecule has 4 nitrogen and oxygen atoms in total. The van der Waals surface area contributed by atoms with Crippen LogP contribution in [0.5, 0.6) is 0 Å². The van der Waals surface area contributed by atoms with E-state index in [1.807, 2.05) is 12.1 Å². The summed E-state index contributed by atoms with van der Waals surface area (Å²) < 4.78 is 4.99. The molecule has 2 aromatic rings. The highest BCUT2D eigenvalue weighted by Crippen LogP contribution is 2.28. The minimum atomic E-state index is -0.605. The largest absolute Gasteiger partial charge is 0.452 e. The van der Waals surface area contributed by atoms with Gasteiger partial charge in [-0.25, -0.2) is 0 Å². The zero-order valence-corrected chi connectivity index (χ0v) is 14.2. The molecule has 0 aliphatic carbocycles. The Kier molecular flexibility index (Phi) is 5.83. The first-order valence-corrected chi connectivity index (χ1v) is 8.81. The van der Waals surface area contributed by atoms with Crippen LogP contribution in [0, 0.1) is 0 Å². The van der Waals surface area contributed by atoms with Gasteiger partial charge < -0.3 is 10.1 Å². The fourth-order valence-electron chi connectivity index (χ4n) is 3.24. The number of benzene rings is 2. The minimum absolute atomic E-state index is 0.179. The third-order valence-electron chi connectivity index (χ3n) is 4.55. The molecule has 1 amide bonds. The van der Waals surface area contributed by atoms with Gasteiger partial charge in [0.25, 0.3) is 5.91 Å². The van der Waals surface area contributed by atoms with Gasteiger partial charge in [-0.15, -0.1) is 0 Å². The number of carbonyl (C=O) groups excluding carboxylic acids is 2. The van der Waals surface area contributed by atoms with Crippen molar-refractivity contribution in [3.8, 4) is 0 Å². The number of ether oxygens (including phenoxy) is 1. The lowest BCUT2D eigenvalue weighted by Gasteiger charge is -2.18. The molecule has 0 bridgehead atoms. The molecule has 0 spiro atoms. The molecule has 1 fully saturated rings. The molecular formula is C21H23NO3. The van der Waals surface area contributed by atoms with E-state index in [1.54, 1.807) is 0 Å². The predicted molar refractivity (Wildman–Crippen MR) is 96.1 cm³/mol. The summed E-state index contributed by atoms with van der Waals surface area (Å²) in [4.78, 5) is 23.1. The monoisotopic (exact) mass is 337 g/mol. The molecule has 130 valence electrons. The van der Waals surface area contributed by atoms with Crippen molar-refractivity contribution in [1.82, 2.24) is 5.32 Å². The molecule has 1 atom stereocenters. The lowest BCUT2D eigenvalue weighted by Crippen LogP contribution is -2.35. The number of nitrogens with one attached hydrogen (secondary N) is 1. The minimum Gasteiger partial charge on any atom is -0.452 e. The van der Waals surface area contributed by atoms with Crippen molar-refractivity contribution in [2.45, 2.75) is 37.7 Å². The standard InChI is InChI=1S/C21H23NO3/c23-20-14-13-19(25-20)21(24)22-15-7-12-18(16-8-3-1-4-9-16)17-10-5-2-6-11-17/h1-6,8-11,18-19H,7,12-15H2,(H,22,24). The van der Waals surface area contributed by atoms with Gasteiger partial charge in [0.15, 0.2) is 6.10 Å². The molecule has 0 radical (unpaired) electrons. The molecular weight excluding hydrogens is 314 g/mol. The molecule has 3 rings (SSSR count). The van der Waals surface area contributed by atoms with Crippen molar-refractivity contribution < 1.29 is 14.3 Å². The van der Waals surface area contributed by atoms with E-state index in [9.17, 15) is 9.59 Å². The van der Waals surface area contributed by atoms with Gasteiger partial charge in [-0.1, -0.05) is 60.7 Å². The van der Waals surface area contributed by atoms with E-state index in [-0.39, 0.29) is 11.9 Å². The number of hydrogen-bond donors (Lipinski definition) is 1. The van der Waals surface area contributed by atoms with Crippen LogP contribution in [0.15, 0.2) is 60.7 Å². The highest BCUT2D eigenvalue weighted by atomic mass is 16.6. The second-order valence-corrected chi connectivity index (χ2v) is 6.32. The molecule has 0 saturated carbocycles. The number of hydrogen-bond acceptors (Lipinski definition) is 3. The summed E-state index contributed by atoms with van der Waals surface area (Å²) in [7, 11) is 0. The average molecular weight is 337 g/mol. The van der Waals surface area contributed by atoms with E-state index in [0.29, 0.717) is 25.3 Å². The summed E-state index contributed by atoms with van der Waals surface area (Å²) in [6, 6.07) is 20.9. The average Bonchev–Trinajstić information content (AvgIpc) is 3.09. The van der Waals surface area contributed by atoms with Crippen LogP contribution in [0.1, 0.15) is 42.7 Å². The Morgan fingerprint density at radius 3 is 2.16 bits per heavy atom. The van der Waals surface area contributed by atoms with E-state index in [4.69, 9.17) is 4.74 Å². The molecule has 1 unspecified atom stereocenters. The summed E-state index contributed by atoms with van der Waals surface area (Å²) in [6.45, 7) is 0.586. The van der Waals surface area contributed by atoms with E-state index >= 15 is 0 Å². The maximum Gasteiger partial charge on any atom is 0.306 e. The summed E-state index contributed by atoms with van der Waals surface area (Å²) in [5.74, 6) is -0.154. The van der Waals surface area contributed by atoms with E-state index in [0.717, 1.165) is 12.8 Å².